The van der Waals surface area contributed by atoms with Gasteiger partial charge in [0.25, 0.3) is 0 Å². The summed E-state index contributed by atoms with van der Waals surface area (Å²) in [5, 5.41) is 0. The summed E-state index contributed by atoms with van der Waals surface area (Å²) in [7, 11) is 0. The molecule has 2 unspecified atom stereocenters. The molecule has 2 saturated heterocycles. The molecule has 0 spiro atoms. The van der Waals surface area contributed by atoms with E-state index in [0.717, 1.165) is 0 Å². The lowest BCUT2D eigenvalue weighted by atomic mass is 10.1. The van der Waals surface area contributed by atoms with E-state index >= 15 is 0 Å². The zero-order chi connectivity index (χ0) is 7.14. The van der Waals surface area contributed by atoms with Crippen LogP contribution in [0.15, 0.2) is 0 Å². The first-order valence-corrected chi connectivity index (χ1v) is 3.78. The topological polar surface area (TPSA) is 3.24 Å². The van der Waals surface area contributed by atoms with Gasteiger partial charge < -0.3 is 0 Å². The lowest BCUT2D eigenvalue weighted by Gasteiger charge is -2.11. The molecule has 1 nitrogen and oxygen atoms in total. The van der Waals surface area contributed by atoms with Crippen molar-refractivity contribution in [2.24, 2.45) is 0 Å². The van der Waals surface area contributed by atoms with Crippen LogP contribution in [0.4, 0.5) is 8.78 Å². The van der Waals surface area contributed by atoms with E-state index in [4.69, 9.17) is 0 Å². The third-order valence-electron chi connectivity index (χ3n) is 2.44. The van der Waals surface area contributed by atoms with E-state index in [1.165, 1.54) is 0 Å². The third kappa shape index (κ3) is 0.926. The summed E-state index contributed by atoms with van der Waals surface area (Å²) in [6, 6.07) is 0.213. The number of hydrogen-bond donors (Lipinski definition) is 0. The van der Waals surface area contributed by atoms with E-state index in [9.17, 15) is 8.78 Å². The van der Waals surface area contributed by atoms with E-state index in [0.29, 0.717) is 25.9 Å². The van der Waals surface area contributed by atoms with Gasteiger partial charge in [0.2, 0.25) is 0 Å². The van der Waals surface area contributed by atoms with Gasteiger partial charge in [-0.15, -0.1) is 0 Å². The van der Waals surface area contributed by atoms with E-state index < -0.39 is 12.3 Å². The second kappa shape index (κ2) is 2.16. The second-order valence-corrected chi connectivity index (χ2v) is 3.27. The van der Waals surface area contributed by atoms with Crippen LogP contribution in [0, 0.1) is 0 Å². The normalized spacial score (nSPS) is 48.0. The standard InChI is InChI=1S/C7H11F2N/c8-5-1-7-2-6(9)4-10(7)3-5/h5-7H,1-4H2/t5-,6?,7?/m1/s1. The van der Waals surface area contributed by atoms with Crippen LogP contribution < -0.4 is 0 Å². The third-order valence-corrected chi connectivity index (χ3v) is 2.44. The van der Waals surface area contributed by atoms with Crippen molar-refractivity contribution in [3.05, 3.63) is 0 Å². The van der Waals surface area contributed by atoms with Gasteiger partial charge in [-0.3, -0.25) is 4.90 Å². The molecule has 2 aliphatic rings. The van der Waals surface area contributed by atoms with Crippen LogP contribution in [0.1, 0.15) is 12.8 Å². The maximum absolute atomic E-state index is 12.6. The highest BCUT2D eigenvalue weighted by Crippen LogP contribution is 2.30. The number of fused-ring (bicyclic) bond motifs is 1. The number of alkyl halides is 2. The van der Waals surface area contributed by atoms with Crippen LogP contribution in [0.5, 0.6) is 0 Å². The van der Waals surface area contributed by atoms with Gasteiger partial charge in [-0.2, -0.15) is 0 Å². The predicted molar refractivity (Wildman–Crippen MR) is 34.4 cm³/mol. The Hall–Kier alpha value is -0.180. The van der Waals surface area contributed by atoms with E-state index in [2.05, 4.69) is 0 Å². The fourth-order valence-electron chi connectivity index (χ4n) is 2.02. The fourth-order valence-corrected chi connectivity index (χ4v) is 2.02. The van der Waals surface area contributed by atoms with Crippen molar-refractivity contribution in [2.45, 2.75) is 31.2 Å². The minimum Gasteiger partial charge on any atom is -0.294 e. The summed E-state index contributed by atoms with van der Waals surface area (Å²) in [6.07, 6.45) is -0.282. The molecule has 0 aromatic rings. The molecule has 0 aromatic carbocycles. The summed E-state index contributed by atoms with van der Waals surface area (Å²) in [4.78, 5) is 1.93. The van der Waals surface area contributed by atoms with Crippen LogP contribution >= 0.6 is 0 Å². The molecule has 0 N–H and O–H groups in total. The maximum atomic E-state index is 12.6. The molecule has 3 heteroatoms. The molecule has 10 heavy (non-hydrogen) atoms. The smallest absolute Gasteiger partial charge is 0.114 e. The summed E-state index contributed by atoms with van der Waals surface area (Å²) >= 11 is 0. The fraction of sp³-hybridized carbons (Fsp3) is 1.00. The molecule has 3 atom stereocenters. The van der Waals surface area contributed by atoms with Gasteiger partial charge in [0, 0.05) is 19.1 Å². The monoisotopic (exact) mass is 147 g/mol. The Bertz CT molecular complexity index is 112. The number of nitrogens with zero attached hydrogens (tertiary/aromatic N) is 1. The van der Waals surface area contributed by atoms with Crippen LogP contribution in [-0.4, -0.2) is 36.4 Å². The van der Waals surface area contributed by atoms with Crippen molar-refractivity contribution in [3.8, 4) is 0 Å². The lowest BCUT2D eigenvalue weighted by molar-refractivity contribution is 0.260. The Balaban J connectivity index is 2.00. The Morgan fingerprint density at radius 1 is 1.00 bits per heavy atom. The minimum atomic E-state index is -0.697. The minimum absolute atomic E-state index is 0.213. The SMILES string of the molecule is FC1CC2C[C@@H](F)CN2C1. The van der Waals surface area contributed by atoms with Gasteiger partial charge in [0.1, 0.15) is 12.3 Å². The average Bonchev–Trinajstić information content (AvgIpc) is 2.21. The Morgan fingerprint density at radius 3 is 1.90 bits per heavy atom. The largest absolute Gasteiger partial charge is 0.294 e. The van der Waals surface area contributed by atoms with Crippen molar-refractivity contribution in [3.63, 3.8) is 0 Å². The summed E-state index contributed by atoms with van der Waals surface area (Å²) < 4.78 is 25.2. The van der Waals surface area contributed by atoms with Crippen LogP contribution in [-0.2, 0) is 0 Å². The molecule has 0 aliphatic carbocycles. The molecule has 0 bridgehead atoms. The summed E-state index contributed by atoms with van der Waals surface area (Å²) in [6.45, 7) is 0.927. The van der Waals surface area contributed by atoms with E-state index in [1.807, 2.05) is 4.90 Å². The molecule has 0 aromatic heterocycles. The van der Waals surface area contributed by atoms with Crippen LogP contribution in [0.2, 0.25) is 0 Å². The zero-order valence-electron chi connectivity index (χ0n) is 5.76. The highest BCUT2D eigenvalue weighted by atomic mass is 19.1. The van der Waals surface area contributed by atoms with Gasteiger partial charge >= 0.3 is 0 Å². The summed E-state index contributed by atoms with van der Waals surface area (Å²) in [5.74, 6) is 0. The van der Waals surface area contributed by atoms with E-state index in [-0.39, 0.29) is 6.04 Å². The summed E-state index contributed by atoms with van der Waals surface area (Å²) in [5.41, 5.74) is 0. The highest BCUT2D eigenvalue weighted by molar-refractivity contribution is 4.93. The van der Waals surface area contributed by atoms with Crippen molar-refractivity contribution >= 4 is 0 Å². The van der Waals surface area contributed by atoms with Crippen molar-refractivity contribution in [1.82, 2.24) is 4.90 Å². The Kier molecular flexibility index (Phi) is 1.41. The highest BCUT2D eigenvalue weighted by Gasteiger charge is 2.39. The molecule has 2 fully saturated rings. The van der Waals surface area contributed by atoms with Gasteiger partial charge in [-0.25, -0.2) is 8.78 Å². The number of halogens is 2. The number of hydrogen-bond acceptors (Lipinski definition) is 1. The average molecular weight is 147 g/mol. The first-order valence-electron chi connectivity index (χ1n) is 3.78. The van der Waals surface area contributed by atoms with E-state index in [1.54, 1.807) is 0 Å². The molecule has 0 amide bonds. The molecular formula is C7H11F2N. The maximum Gasteiger partial charge on any atom is 0.114 e. The lowest BCUT2D eigenvalue weighted by Crippen LogP contribution is -2.23. The van der Waals surface area contributed by atoms with Gasteiger partial charge in [0.15, 0.2) is 0 Å². The molecule has 2 aliphatic heterocycles. The first-order chi connectivity index (χ1) is 4.75. The molecule has 0 saturated carbocycles. The Labute approximate surface area is 59.0 Å². The van der Waals surface area contributed by atoms with Crippen LogP contribution in [0.3, 0.4) is 0 Å². The molecule has 58 valence electrons. The zero-order valence-corrected chi connectivity index (χ0v) is 5.76. The Morgan fingerprint density at radius 2 is 1.50 bits per heavy atom. The molecule has 2 rings (SSSR count). The second-order valence-electron chi connectivity index (χ2n) is 3.27. The van der Waals surface area contributed by atoms with Crippen molar-refractivity contribution in [2.75, 3.05) is 13.1 Å². The van der Waals surface area contributed by atoms with Crippen LogP contribution in [0.25, 0.3) is 0 Å². The number of rotatable bonds is 0. The van der Waals surface area contributed by atoms with Gasteiger partial charge in [-0.05, 0) is 12.8 Å². The van der Waals surface area contributed by atoms with Crippen molar-refractivity contribution < 1.29 is 8.78 Å². The molecular weight excluding hydrogens is 136 g/mol. The first kappa shape index (κ1) is 6.53. The predicted octanol–water partition coefficient (Wildman–Crippen LogP) is 1.14. The molecule has 2 heterocycles. The van der Waals surface area contributed by atoms with Crippen molar-refractivity contribution in [1.29, 1.82) is 0 Å². The quantitative estimate of drug-likeness (QED) is 0.496. The van der Waals surface area contributed by atoms with Gasteiger partial charge in [-0.1, -0.05) is 0 Å². The van der Waals surface area contributed by atoms with Gasteiger partial charge in [0.05, 0.1) is 0 Å². The molecule has 0 radical (unpaired) electrons.